The molecule has 172 valence electrons. The fraction of sp³-hybridized carbons (Fsp3) is 0.269. The Morgan fingerprint density at radius 1 is 1.00 bits per heavy atom. The van der Waals surface area contributed by atoms with Crippen molar-refractivity contribution in [1.29, 1.82) is 0 Å². The summed E-state index contributed by atoms with van der Waals surface area (Å²) in [6, 6.07) is 16.3. The van der Waals surface area contributed by atoms with Gasteiger partial charge in [0.2, 0.25) is 5.78 Å². The van der Waals surface area contributed by atoms with Crippen molar-refractivity contribution in [3.05, 3.63) is 81.7 Å². The van der Waals surface area contributed by atoms with Crippen LogP contribution in [0.25, 0.3) is 28.3 Å². The minimum absolute atomic E-state index is 0.140. The summed E-state index contributed by atoms with van der Waals surface area (Å²) >= 11 is 6.01. The number of fused-ring (bicyclic) bond motifs is 1. The number of aldehydes is 1. The molecule has 0 aliphatic heterocycles. The summed E-state index contributed by atoms with van der Waals surface area (Å²) in [7, 11) is 3.75. The number of hydrogen-bond acceptors (Lipinski definition) is 4. The van der Waals surface area contributed by atoms with Gasteiger partial charge in [-0.25, -0.2) is 4.98 Å². The van der Waals surface area contributed by atoms with Gasteiger partial charge in [0.25, 0.3) is 5.56 Å². The van der Waals surface area contributed by atoms with Crippen LogP contribution in [-0.4, -0.2) is 34.3 Å². The lowest BCUT2D eigenvalue weighted by molar-refractivity contribution is 0.112. The van der Waals surface area contributed by atoms with Crippen LogP contribution in [0.3, 0.4) is 0 Å². The Kier molecular flexibility index (Phi) is 8.58. The first kappa shape index (κ1) is 24.4. The zero-order valence-corrected chi connectivity index (χ0v) is 20.0. The first-order chi connectivity index (χ1) is 16.0. The summed E-state index contributed by atoms with van der Waals surface area (Å²) in [6.45, 7) is 2.91. The fourth-order valence-electron chi connectivity index (χ4n) is 3.57. The lowest BCUT2D eigenvalue weighted by Crippen LogP contribution is -2.18. The highest BCUT2D eigenvalue weighted by atomic mass is 35.5. The summed E-state index contributed by atoms with van der Waals surface area (Å²) in [6.07, 6.45) is 5.76. The average Bonchev–Trinajstić information content (AvgIpc) is 3.28. The van der Waals surface area contributed by atoms with E-state index in [4.69, 9.17) is 16.6 Å². The summed E-state index contributed by atoms with van der Waals surface area (Å²) in [4.78, 5) is 28.7. The number of rotatable bonds is 7. The Morgan fingerprint density at radius 2 is 1.64 bits per heavy atom. The molecule has 2 aromatic heterocycles. The third kappa shape index (κ3) is 5.78. The van der Waals surface area contributed by atoms with Crippen molar-refractivity contribution in [1.82, 2.24) is 19.3 Å². The third-order valence-electron chi connectivity index (χ3n) is 5.18. The molecular weight excluding hydrogens is 436 g/mol. The van der Waals surface area contributed by atoms with E-state index in [1.54, 1.807) is 28.8 Å². The molecule has 7 heteroatoms. The van der Waals surface area contributed by atoms with E-state index in [1.807, 2.05) is 50.5 Å². The molecule has 4 rings (SSSR count). The molecule has 1 N–H and O–H groups in total. The second-order valence-corrected chi connectivity index (χ2v) is 8.21. The highest BCUT2D eigenvalue weighted by Crippen LogP contribution is 2.25. The standard InChI is InChI=1S/C24H22ClN3O2.C2H7N/c1-2-3-4-13-27-22(19-7-5-17(16-29)6-8-19)14-23(30)28-15-21(26-24(27)28)18-9-11-20(25)12-10-18;1-3-2/h5-12,14-16H,2-4,13H2,1H3;3H,1-2H3. The number of aryl methyl sites for hydroxylation is 1. The molecule has 2 aromatic carbocycles. The minimum atomic E-state index is -0.140. The van der Waals surface area contributed by atoms with Crippen LogP contribution in [0.15, 0.2) is 65.6 Å². The van der Waals surface area contributed by atoms with Crippen molar-refractivity contribution in [2.75, 3.05) is 14.1 Å². The number of imidazole rings is 1. The van der Waals surface area contributed by atoms with E-state index in [1.165, 1.54) is 0 Å². The van der Waals surface area contributed by atoms with Gasteiger partial charge in [0.15, 0.2) is 0 Å². The maximum absolute atomic E-state index is 12.9. The Morgan fingerprint density at radius 3 is 2.24 bits per heavy atom. The van der Waals surface area contributed by atoms with Gasteiger partial charge in [0, 0.05) is 35.0 Å². The molecule has 0 unspecified atom stereocenters. The van der Waals surface area contributed by atoms with E-state index in [-0.39, 0.29) is 5.56 Å². The molecule has 33 heavy (non-hydrogen) atoms. The molecule has 6 nitrogen and oxygen atoms in total. The Labute approximate surface area is 198 Å². The Balaban J connectivity index is 0.000000968. The predicted octanol–water partition coefficient (Wildman–Crippen LogP) is 5.32. The lowest BCUT2D eigenvalue weighted by Gasteiger charge is -2.15. The lowest BCUT2D eigenvalue weighted by atomic mass is 10.1. The molecule has 0 bridgehead atoms. The molecular formula is C26H29ClN4O2. The molecule has 2 heterocycles. The quantitative estimate of drug-likeness (QED) is 0.297. The van der Waals surface area contributed by atoms with Gasteiger partial charge < -0.3 is 9.88 Å². The van der Waals surface area contributed by atoms with Crippen LogP contribution in [0.4, 0.5) is 0 Å². The molecule has 0 aliphatic carbocycles. The maximum atomic E-state index is 12.9. The van der Waals surface area contributed by atoms with E-state index in [2.05, 4.69) is 16.8 Å². The number of nitrogens with zero attached hydrogens (tertiary/aromatic N) is 3. The summed E-state index contributed by atoms with van der Waals surface area (Å²) in [5.74, 6) is 0.609. The minimum Gasteiger partial charge on any atom is -0.323 e. The van der Waals surface area contributed by atoms with Crippen molar-refractivity contribution in [3.63, 3.8) is 0 Å². The molecule has 0 atom stereocenters. The molecule has 4 aromatic rings. The molecule has 0 amide bonds. The number of carbonyl (C=O) groups is 1. The molecule has 0 saturated heterocycles. The maximum Gasteiger partial charge on any atom is 0.259 e. The van der Waals surface area contributed by atoms with E-state index < -0.39 is 0 Å². The van der Waals surface area contributed by atoms with Crippen LogP contribution >= 0.6 is 11.6 Å². The first-order valence-corrected chi connectivity index (χ1v) is 11.4. The van der Waals surface area contributed by atoms with Crippen molar-refractivity contribution in [2.45, 2.75) is 32.7 Å². The number of carbonyl (C=O) groups excluding carboxylic acids is 1. The largest absolute Gasteiger partial charge is 0.323 e. The monoisotopic (exact) mass is 464 g/mol. The van der Waals surface area contributed by atoms with Crippen LogP contribution in [-0.2, 0) is 6.54 Å². The van der Waals surface area contributed by atoms with Crippen molar-refractivity contribution in [2.24, 2.45) is 0 Å². The van der Waals surface area contributed by atoms with Gasteiger partial charge in [0.05, 0.1) is 11.4 Å². The highest BCUT2D eigenvalue weighted by Gasteiger charge is 2.15. The van der Waals surface area contributed by atoms with Gasteiger partial charge >= 0.3 is 0 Å². The average molecular weight is 465 g/mol. The second-order valence-electron chi connectivity index (χ2n) is 7.77. The number of nitrogens with one attached hydrogen (secondary N) is 1. The summed E-state index contributed by atoms with van der Waals surface area (Å²) in [5, 5.41) is 3.41. The van der Waals surface area contributed by atoms with E-state index in [0.717, 1.165) is 54.6 Å². The van der Waals surface area contributed by atoms with Gasteiger partial charge in [-0.3, -0.25) is 14.0 Å². The molecule has 0 saturated carbocycles. The second kappa shape index (κ2) is 11.6. The Bertz CT molecular complexity index is 1260. The SMILES string of the molecule is CCCCCn1c(-c2ccc(C=O)cc2)cc(=O)n2cc(-c3ccc(Cl)cc3)nc12.CNC. The number of halogens is 1. The first-order valence-electron chi connectivity index (χ1n) is 11.0. The van der Waals surface area contributed by atoms with Crippen LogP contribution < -0.4 is 10.9 Å². The van der Waals surface area contributed by atoms with Crippen LogP contribution in [0.1, 0.15) is 36.5 Å². The van der Waals surface area contributed by atoms with Crippen LogP contribution in [0.5, 0.6) is 0 Å². The van der Waals surface area contributed by atoms with Gasteiger partial charge in [-0.1, -0.05) is 67.8 Å². The van der Waals surface area contributed by atoms with Gasteiger partial charge in [-0.15, -0.1) is 0 Å². The fourth-order valence-corrected chi connectivity index (χ4v) is 3.69. The highest BCUT2D eigenvalue weighted by molar-refractivity contribution is 6.30. The molecule has 0 fully saturated rings. The normalized spacial score (nSPS) is 10.7. The Hall–Kier alpha value is -3.22. The number of benzene rings is 2. The zero-order valence-electron chi connectivity index (χ0n) is 19.2. The summed E-state index contributed by atoms with van der Waals surface area (Å²) in [5.41, 5.74) is 3.77. The van der Waals surface area contributed by atoms with Crippen LogP contribution in [0, 0.1) is 0 Å². The van der Waals surface area contributed by atoms with E-state index in [9.17, 15) is 9.59 Å². The van der Waals surface area contributed by atoms with Crippen molar-refractivity contribution >= 4 is 23.7 Å². The smallest absolute Gasteiger partial charge is 0.259 e. The van der Waals surface area contributed by atoms with E-state index in [0.29, 0.717) is 16.4 Å². The van der Waals surface area contributed by atoms with Crippen molar-refractivity contribution < 1.29 is 4.79 Å². The zero-order chi connectivity index (χ0) is 23.8. The predicted molar refractivity (Wildman–Crippen MR) is 135 cm³/mol. The molecule has 0 spiro atoms. The van der Waals surface area contributed by atoms with Crippen LogP contribution in [0.2, 0.25) is 5.02 Å². The topological polar surface area (TPSA) is 68.4 Å². The van der Waals surface area contributed by atoms with Crippen molar-refractivity contribution in [3.8, 4) is 22.5 Å². The molecule has 0 radical (unpaired) electrons. The number of unbranched alkanes of at least 4 members (excludes halogenated alkanes) is 2. The number of hydrogen-bond donors (Lipinski definition) is 1. The van der Waals surface area contributed by atoms with Gasteiger partial charge in [-0.2, -0.15) is 0 Å². The van der Waals surface area contributed by atoms with Gasteiger partial charge in [-0.05, 0) is 38.2 Å². The van der Waals surface area contributed by atoms with Gasteiger partial charge in [0.1, 0.15) is 6.29 Å². The molecule has 0 aliphatic rings. The van der Waals surface area contributed by atoms with E-state index >= 15 is 0 Å². The number of aromatic nitrogens is 3. The third-order valence-corrected chi connectivity index (χ3v) is 5.44. The summed E-state index contributed by atoms with van der Waals surface area (Å²) < 4.78 is 3.69.